The Labute approximate surface area is 152 Å². The second-order valence-corrected chi connectivity index (χ2v) is 6.78. The summed E-state index contributed by atoms with van der Waals surface area (Å²) in [6.45, 7) is 2.70. The number of hydroxylamine groups is 2. The highest BCUT2D eigenvalue weighted by atomic mass is 16.5. The van der Waals surface area contributed by atoms with E-state index >= 15 is 0 Å². The van der Waals surface area contributed by atoms with Crippen LogP contribution in [0.4, 0.5) is 0 Å². The van der Waals surface area contributed by atoms with Crippen LogP contribution in [0, 0.1) is 5.92 Å². The third kappa shape index (κ3) is 3.88. The zero-order valence-corrected chi connectivity index (χ0v) is 15.0. The van der Waals surface area contributed by atoms with E-state index in [9.17, 15) is 14.8 Å². The van der Waals surface area contributed by atoms with Crippen molar-refractivity contribution in [2.75, 3.05) is 13.1 Å². The van der Waals surface area contributed by atoms with E-state index in [1.807, 2.05) is 24.3 Å². The molecule has 2 atom stereocenters. The maximum absolute atomic E-state index is 13.1. The van der Waals surface area contributed by atoms with Gasteiger partial charge in [-0.25, -0.2) is 10.0 Å². The highest BCUT2D eigenvalue weighted by molar-refractivity contribution is 5.80. The monoisotopic (exact) mass is 359 g/mol. The molecular formula is C19H25N3O4. The third-order valence-corrected chi connectivity index (χ3v) is 4.92. The number of benzene rings is 1. The molecule has 1 saturated heterocycles. The second-order valence-electron chi connectivity index (χ2n) is 6.78. The summed E-state index contributed by atoms with van der Waals surface area (Å²) >= 11 is 0. The van der Waals surface area contributed by atoms with E-state index in [0.29, 0.717) is 35.9 Å². The molecule has 0 spiro atoms. The van der Waals surface area contributed by atoms with Crippen molar-refractivity contribution in [3.63, 3.8) is 0 Å². The van der Waals surface area contributed by atoms with E-state index in [1.165, 1.54) is 0 Å². The van der Waals surface area contributed by atoms with E-state index in [4.69, 9.17) is 4.42 Å². The summed E-state index contributed by atoms with van der Waals surface area (Å²) in [5, 5.41) is 10.1. The van der Waals surface area contributed by atoms with Crippen LogP contribution in [-0.4, -0.2) is 45.6 Å². The van der Waals surface area contributed by atoms with Crippen molar-refractivity contribution in [2.24, 2.45) is 5.92 Å². The molecule has 1 aromatic heterocycles. The Morgan fingerprint density at radius 3 is 3.04 bits per heavy atom. The lowest BCUT2D eigenvalue weighted by Gasteiger charge is -2.28. The summed E-state index contributed by atoms with van der Waals surface area (Å²) in [5.74, 6) is 0.0850. The summed E-state index contributed by atoms with van der Waals surface area (Å²) in [7, 11) is 0. The summed E-state index contributed by atoms with van der Waals surface area (Å²) in [6, 6.07) is 7.36. The summed E-state index contributed by atoms with van der Waals surface area (Å²) < 4.78 is 5.87. The molecule has 2 aromatic rings. The van der Waals surface area contributed by atoms with Gasteiger partial charge in [-0.3, -0.25) is 14.8 Å². The van der Waals surface area contributed by atoms with E-state index in [-0.39, 0.29) is 18.5 Å². The lowest BCUT2D eigenvalue weighted by atomic mass is 9.99. The van der Waals surface area contributed by atoms with Crippen molar-refractivity contribution < 1.29 is 19.2 Å². The molecule has 1 aliphatic rings. The van der Waals surface area contributed by atoms with Crippen LogP contribution < -0.4 is 0 Å². The van der Waals surface area contributed by atoms with Crippen LogP contribution in [0.5, 0.6) is 0 Å². The Kier molecular flexibility index (Phi) is 5.88. The molecule has 0 radical (unpaired) electrons. The first-order valence-corrected chi connectivity index (χ1v) is 9.20. The number of amides is 2. The van der Waals surface area contributed by atoms with E-state index < -0.39 is 5.92 Å². The van der Waals surface area contributed by atoms with Gasteiger partial charge in [-0.2, -0.15) is 0 Å². The number of fused-ring (bicyclic) bond motifs is 1. The van der Waals surface area contributed by atoms with Gasteiger partial charge in [-0.15, -0.1) is 0 Å². The lowest BCUT2D eigenvalue weighted by molar-refractivity contribution is -0.157. The largest absolute Gasteiger partial charge is 0.438 e. The molecule has 0 aliphatic carbocycles. The Morgan fingerprint density at radius 1 is 1.50 bits per heavy atom. The van der Waals surface area contributed by atoms with E-state index in [2.05, 4.69) is 11.9 Å². The number of rotatable bonds is 8. The molecule has 0 unspecified atom stereocenters. The zero-order valence-electron chi connectivity index (χ0n) is 15.0. The molecule has 2 amide bonds. The van der Waals surface area contributed by atoms with Crippen LogP contribution in [0.3, 0.4) is 0 Å². The fraction of sp³-hybridized carbons (Fsp3) is 0.526. The fourth-order valence-electron chi connectivity index (χ4n) is 3.57. The Morgan fingerprint density at radius 2 is 2.31 bits per heavy atom. The van der Waals surface area contributed by atoms with Gasteiger partial charge in [0.15, 0.2) is 5.58 Å². The van der Waals surface area contributed by atoms with Crippen molar-refractivity contribution in [3.8, 4) is 0 Å². The SMILES string of the molecule is CCCC[C@@H](CN(O)C=O)C(=O)N1CCC[C@@H]1c1nc2ccccc2o1. The predicted octanol–water partition coefficient (Wildman–Crippen LogP) is 3.15. The molecule has 1 aliphatic heterocycles. The smallest absolute Gasteiger partial charge is 0.233 e. The first kappa shape index (κ1) is 18.4. The predicted molar refractivity (Wildman–Crippen MR) is 95.3 cm³/mol. The Balaban J connectivity index is 1.80. The molecule has 1 aromatic carbocycles. The zero-order chi connectivity index (χ0) is 18.5. The Bertz CT molecular complexity index is 727. The first-order valence-electron chi connectivity index (χ1n) is 9.20. The van der Waals surface area contributed by atoms with Crippen LogP contribution in [0.1, 0.15) is 51.0 Å². The van der Waals surface area contributed by atoms with Gasteiger partial charge < -0.3 is 9.32 Å². The molecule has 7 heteroatoms. The molecule has 0 bridgehead atoms. The molecule has 1 N–H and O–H groups in total. The number of carbonyl (C=O) groups excluding carboxylic acids is 2. The van der Waals surface area contributed by atoms with Crippen molar-refractivity contribution in [1.82, 2.24) is 14.9 Å². The minimum absolute atomic E-state index is 0.0130. The first-order chi connectivity index (χ1) is 12.6. The van der Waals surface area contributed by atoms with Crippen molar-refractivity contribution in [2.45, 2.75) is 45.1 Å². The number of oxazole rings is 1. The molecule has 26 heavy (non-hydrogen) atoms. The maximum atomic E-state index is 13.1. The molecule has 3 rings (SSSR count). The van der Waals surface area contributed by atoms with Gasteiger partial charge in [-0.05, 0) is 31.4 Å². The van der Waals surface area contributed by atoms with Gasteiger partial charge in [0.1, 0.15) is 11.6 Å². The summed E-state index contributed by atoms with van der Waals surface area (Å²) in [5.41, 5.74) is 1.50. The average molecular weight is 359 g/mol. The molecule has 2 heterocycles. The van der Waals surface area contributed by atoms with E-state index in [1.54, 1.807) is 4.90 Å². The van der Waals surface area contributed by atoms with Gasteiger partial charge in [0.05, 0.1) is 12.5 Å². The highest BCUT2D eigenvalue weighted by Crippen LogP contribution is 2.34. The molecule has 0 saturated carbocycles. The number of para-hydroxylation sites is 2. The lowest BCUT2D eigenvalue weighted by Crippen LogP contribution is -2.40. The maximum Gasteiger partial charge on any atom is 0.233 e. The topological polar surface area (TPSA) is 86.9 Å². The van der Waals surface area contributed by atoms with Crippen molar-refractivity contribution >= 4 is 23.4 Å². The second kappa shape index (κ2) is 8.31. The number of likely N-dealkylation sites (tertiary alicyclic amines) is 1. The fourth-order valence-corrected chi connectivity index (χ4v) is 3.57. The Hall–Kier alpha value is -2.41. The van der Waals surface area contributed by atoms with Gasteiger partial charge >= 0.3 is 0 Å². The van der Waals surface area contributed by atoms with Crippen LogP contribution in [0.25, 0.3) is 11.1 Å². The minimum Gasteiger partial charge on any atom is -0.438 e. The van der Waals surface area contributed by atoms with Crippen LogP contribution in [0.15, 0.2) is 28.7 Å². The minimum atomic E-state index is -0.421. The van der Waals surface area contributed by atoms with Crippen LogP contribution in [0.2, 0.25) is 0 Å². The summed E-state index contributed by atoms with van der Waals surface area (Å²) in [6.07, 6.45) is 4.47. The van der Waals surface area contributed by atoms with Gasteiger partial charge in [0.25, 0.3) is 0 Å². The molecule has 1 fully saturated rings. The highest BCUT2D eigenvalue weighted by Gasteiger charge is 2.36. The third-order valence-electron chi connectivity index (χ3n) is 4.92. The number of carbonyl (C=O) groups is 2. The van der Waals surface area contributed by atoms with Crippen molar-refractivity contribution in [3.05, 3.63) is 30.2 Å². The number of hydrogen-bond donors (Lipinski definition) is 1. The standard InChI is InChI=1S/C19H25N3O4/c1-2-3-7-14(12-21(25)13-23)19(24)22-11-6-9-16(22)18-20-15-8-4-5-10-17(15)26-18/h4-5,8,10,13-14,16,25H,2-3,6-7,9,11-12H2,1H3/t14-,16+/m0/s1. The number of nitrogens with zero attached hydrogens (tertiary/aromatic N) is 3. The normalized spacial score (nSPS) is 18.2. The van der Waals surface area contributed by atoms with Crippen LogP contribution in [-0.2, 0) is 9.59 Å². The quantitative estimate of drug-likeness (QED) is 0.444. The van der Waals surface area contributed by atoms with Crippen LogP contribution >= 0.6 is 0 Å². The van der Waals surface area contributed by atoms with Gasteiger partial charge in [0.2, 0.25) is 18.2 Å². The average Bonchev–Trinajstić information content (AvgIpc) is 3.30. The molecule has 140 valence electrons. The van der Waals surface area contributed by atoms with E-state index in [0.717, 1.165) is 31.2 Å². The number of unbranched alkanes of at least 4 members (excludes halogenated alkanes) is 1. The van der Waals surface area contributed by atoms with Gasteiger partial charge in [0, 0.05) is 6.54 Å². The van der Waals surface area contributed by atoms with Crippen molar-refractivity contribution in [1.29, 1.82) is 0 Å². The molecular weight excluding hydrogens is 334 g/mol. The van der Waals surface area contributed by atoms with Gasteiger partial charge in [-0.1, -0.05) is 31.9 Å². The number of aromatic nitrogens is 1. The summed E-state index contributed by atoms with van der Waals surface area (Å²) in [4.78, 5) is 30.2. The number of hydrogen-bond acceptors (Lipinski definition) is 5. The molecule has 7 nitrogen and oxygen atoms in total.